The SMILES string of the molecule is CNC(=O)[C@@H](C)N(Cc1ccc(Cl)cc1Cl)C(=O)CN(c1ccc(F)c(Cl)c1)S(C)(=O)=O. The molecule has 0 aliphatic carbocycles. The lowest BCUT2D eigenvalue weighted by molar-refractivity contribution is -0.139. The van der Waals surface area contributed by atoms with Crippen LogP contribution < -0.4 is 9.62 Å². The van der Waals surface area contributed by atoms with Crippen LogP contribution in [0.2, 0.25) is 15.1 Å². The molecule has 32 heavy (non-hydrogen) atoms. The summed E-state index contributed by atoms with van der Waals surface area (Å²) in [6.07, 6.45) is 0.903. The summed E-state index contributed by atoms with van der Waals surface area (Å²) in [4.78, 5) is 26.7. The number of rotatable bonds is 8. The quantitative estimate of drug-likeness (QED) is 0.570. The second kappa shape index (κ2) is 10.7. The van der Waals surface area contributed by atoms with Gasteiger partial charge in [0.05, 0.1) is 17.0 Å². The van der Waals surface area contributed by atoms with Crippen LogP contribution in [-0.4, -0.2) is 51.0 Å². The summed E-state index contributed by atoms with van der Waals surface area (Å²) in [6, 6.07) is 7.03. The molecule has 2 amide bonds. The fourth-order valence-electron chi connectivity index (χ4n) is 2.88. The first-order chi connectivity index (χ1) is 14.8. The predicted octanol–water partition coefficient (Wildman–Crippen LogP) is 3.72. The van der Waals surface area contributed by atoms with Crippen molar-refractivity contribution in [3.8, 4) is 0 Å². The molecule has 2 aromatic rings. The largest absolute Gasteiger partial charge is 0.357 e. The predicted molar refractivity (Wildman–Crippen MR) is 124 cm³/mol. The zero-order valence-corrected chi connectivity index (χ0v) is 20.5. The van der Waals surface area contributed by atoms with E-state index in [4.69, 9.17) is 34.8 Å². The molecule has 7 nitrogen and oxygen atoms in total. The third-order valence-electron chi connectivity index (χ3n) is 4.64. The van der Waals surface area contributed by atoms with Crippen molar-refractivity contribution < 1.29 is 22.4 Å². The van der Waals surface area contributed by atoms with Gasteiger partial charge in [-0.25, -0.2) is 12.8 Å². The number of nitrogens with one attached hydrogen (secondary N) is 1. The molecule has 0 heterocycles. The molecule has 1 N–H and O–H groups in total. The van der Waals surface area contributed by atoms with E-state index in [0.717, 1.165) is 22.7 Å². The Kier molecular flexibility index (Phi) is 8.75. The van der Waals surface area contributed by atoms with Crippen LogP contribution in [0.5, 0.6) is 0 Å². The van der Waals surface area contributed by atoms with E-state index >= 15 is 0 Å². The van der Waals surface area contributed by atoms with E-state index < -0.39 is 40.2 Å². The molecule has 2 rings (SSSR count). The highest BCUT2D eigenvalue weighted by Gasteiger charge is 2.30. The summed E-state index contributed by atoms with van der Waals surface area (Å²) in [5.41, 5.74) is 0.514. The first kappa shape index (κ1) is 26.2. The number of amides is 2. The van der Waals surface area contributed by atoms with Crippen molar-refractivity contribution in [3.63, 3.8) is 0 Å². The van der Waals surface area contributed by atoms with E-state index in [-0.39, 0.29) is 22.3 Å². The standard InChI is InChI=1S/C20H21Cl3FN3O4S/c1-12(20(29)25-2)26(10-13-4-5-14(21)8-16(13)22)19(28)11-27(32(3,30)31)15-6-7-18(24)17(23)9-15/h4-9,12H,10-11H2,1-3H3,(H,25,29)/t12-/m1/s1. The van der Waals surface area contributed by atoms with Crippen LogP contribution in [0.3, 0.4) is 0 Å². The van der Waals surface area contributed by atoms with E-state index in [1.54, 1.807) is 12.1 Å². The highest BCUT2D eigenvalue weighted by molar-refractivity contribution is 7.92. The summed E-state index contributed by atoms with van der Waals surface area (Å²) < 4.78 is 39.1. The summed E-state index contributed by atoms with van der Waals surface area (Å²) in [5.74, 6) is -1.88. The lowest BCUT2D eigenvalue weighted by Crippen LogP contribution is -2.50. The van der Waals surface area contributed by atoms with Crippen LogP contribution in [-0.2, 0) is 26.2 Å². The zero-order valence-electron chi connectivity index (χ0n) is 17.4. The number of anilines is 1. The van der Waals surface area contributed by atoms with Crippen LogP contribution in [0, 0.1) is 5.82 Å². The van der Waals surface area contributed by atoms with Crippen LogP contribution in [0.4, 0.5) is 10.1 Å². The Bertz CT molecular complexity index is 1130. The van der Waals surface area contributed by atoms with E-state index in [0.29, 0.717) is 10.6 Å². The van der Waals surface area contributed by atoms with Gasteiger partial charge in [0.15, 0.2) is 0 Å². The Morgan fingerprint density at radius 1 is 1.09 bits per heavy atom. The minimum Gasteiger partial charge on any atom is -0.357 e. The molecule has 0 bridgehead atoms. The van der Waals surface area contributed by atoms with Gasteiger partial charge in [0.1, 0.15) is 18.4 Å². The molecule has 0 unspecified atom stereocenters. The third-order valence-corrected chi connectivity index (χ3v) is 6.66. The minimum atomic E-state index is -3.95. The topological polar surface area (TPSA) is 86.8 Å². The van der Waals surface area contributed by atoms with Gasteiger partial charge >= 0.3 is 0 Å². The van der Waals surface area contributed by atoms with Gasteiger partial charge in [0.2, 0.25) is 21.8 Å². The summed E-state index contributed by atoms with van der Waals surface area (Å²) in [6.45, 7) is 0.776. The molecule has 0 aromatic heterocycles. The monoisotopic (exact) mass is 523 g/mol. The molecule has 0 aliphatic rings. The highest BCUT2D eigenvalue weighted by atomic mass is 35.5. The summed E-state index contributed by atoms with van der Waals surface area (Å²) >= 11 is 17.9. The summed E-state index contributed by atoms with van der Waals surface area (Å²) in [5, 5.41) is 2.84. The summed E-state index contributed by atoms with van der Waals surface area (Å²) in [7, 11) is -2.54. The van der Waals surface area contributed by atoms with Crippen molar-refractivity contribution in [2.75, 3.05) is 24.2 Å². The van der Waals surface area contributed by atoms with Gasteiger partial charge in [-0.2, -0.15) is 0 Å². The Hall–Kier alpha value is -2.07. The first-order valence-electron chi connectivity index (χ1n) is 9.23. The number of benzene rings is 2. The Morgan fingerprint density at radius 3 is 2.28 bits per heavy atom. The van der Waals surface area contributed by atoms with Crippen LogP contribution in [0.1, 0.15) is 12.5 Å². The molecule has 0 saturated heterocycles. The maximum absolute atomic E-state index is 13.6. The van der Waals surface area contributed by atoms with E-state index in [1.807, 2.05) is 0 Å². The molecule has 0 fully saturated rings. The van der Waals surface area contributed by atoms with Crippen molar-refractivity contribution in [2.45, 2.75) is 19.5 Å². The number of sulfonamides is 1. The molecule has 0 aliphatic heterocycles. The molecule has 0 radical (unpaired) electrons. The molecular weight excluding hydrogens is 504 g/mol. The molecule has 1 atom stereocenters. The number of nitrogens with zero attached hydrogens (tertiary/aromatic N) is 2. The van der Waals surface area contributed by atoms with Crippen molar-refractivity contribution in [1.29, 1.82) is 0 Å². The number of hydrogen-bond donors (Lipinski definition) is 1. The van der Waals surface area contributed by atoms with E-state index in [1.165, 1.54) is 31.0 Å². The lowest BCUT2D eigenvalue weighted by Gasteiger charge is -2.31. The van der Waals surface area contributed by atoms with Crippen LogP contribution in [0.25, 0.3) is 0 Å². The number of hydrogen-bond acceptors (Lipinski definition) is 4. The Morgan fingerprint density at radius 2 is 1.75 bits per heavy atom. The number of carbonyl (C=O) groups excluding carboxylic acids is 2. The van der Waals surface area contributed by atoms with E-state index in [9.17, 15) is 22.4 Å². The van der Waals surface area contributed by atoms with Gasteiger partial charge in [0.25, 0.3) is 0 Å². The number of halogens is 4. The van der Waals surface area contributed by atoms with Crippen molar-refractivity contribution >= 4 is 62.3 Å². The number of likely N-dealkylation sites (N-methyl/N-ethyl adjacent to an activating group) is 1. The molecule has 0 spiro atoms. The van der Waals surface area contributed by atoms with Gasteiger partial charge in [-0.05, 0) is 42.8 Å². The normalized spacial score (nSPS) is 12.2. The number of carbonyl (C=O) groups is 2. The first-order valence-corrected chi connectivity index (χ1v) is 12.2. The fraction of sp³-hybridized carbons (Fsp3) is 0.300. The highest BCUT2D eigenvalue weighted by Crippen LogP contribution is 2.26. The van der Waals surface area contributed by atoms with Crippen molar-refractivity contribution in [3.05, 3.63) is 62.8 Å². The van der Waals surface area contributed by atoms with E-state index in [2.05, 4.69) is 5.32 Å². The van der Waals surface area contributed by atoms with Gasteiger partial charge in [0, 0.05) is 23.6 Å². The third kappa shape index (κ3) is 6.48. The second-order valence-electron chi connectivity index (χ2n) is 6.92. The molecule has 0 saturated carbocycles. The second-order valence-corrected chi connectivity index (χ2v) is 10.1. The van der Waals surface area contributed by atoms with Gasteiger partial charge in [-0.15, -0.1) is 0 Å². The van der Waals surface area contributed by atoms with Gasteiger partial charge in [-0.3, -0.25) is 13.9 Å². The maximum Gasteiger partial charge on any atom is 0.244 e. The van der Waals surface area contributed by atoms with Crippen molar-refractivity contribution in [1.82, 2.24) is 10.2 Å². The molecule has 174 valence electrons. The minimum absolute atomic E-state index is 0.00400. The Balaban J connectivity index is 2.43. The molecule has 12 heteroatoms. The fourth-order valence-corrected chi connectivity index (χ4v) is 4.36. The van der Waals surface area contributed by atoms with Crippen LogP contribution >= 0.6 is 34.8 Å². The maximum atomic E-state index is 13.6. The van der Waals surface area contributed by atoms with Gasteiger partial charge in [-0.1, -0.05) is 40.9 Å². The molecular formula is C20H21Cl3FN3O4S. The lowest BCUT2D eigenvalue weighted by atomic mass is 10.1. The molecule has 2 aromatic carbocycles. The van der Waals surface area contributed by atoms with Gasteiger partial charge < -0.3 is 10.2 Å². The average molecular weight is 525 g/mol. The smallest absolute Gasteiger partial charge is 0.244 e. The van der Waals surface area contributed by atoms with Crippen molar-refractivity contribution in [2.24, 2.45) is 0 Å². The average Bonchev–Trinajstić information content (AvgIpc) is 2.71. The zero-order chi connectivity index (χ0) is 24.2. The van der Waals surface area contributed by atoms with Crippen LogP contribution in [0.15, 0.2) is 36.4 Å². The Labute approximate surface area is 201 Å².